The molecule has 110 valence electrons. The number of amides is 2. The highest BCUT2D eigenvalue weighted by Gasteiger charge is 2.11. The molecule has 0 spiro atoms. The van der Waals surface area contributed by atoms with E-state index in [2.05, 4.69) is 10.6 Å². The fraction of sp³-hybridized carbons (Fsp3) is 0.429. The monoisotopic (exact) mass is 279 g/mol. The fourth-order valence-electron chi connectivity index (χ4n) is 1.69. The molecule has 0 aliphatic rings. The molecule has 0 fully saturated rings. The third kappa shape index (κ3) is 4.89. The summed E-state index contributed by atoms with van der Waals surface area (Å²) >= 11 is 0. The van der Waals surface area contributed by atoms with E-state index in [0.29, 0.717) is 30.1 Å². The molecular formula is C14H21N3O3. The van der Waals surface area contributed by atoms with E-state index in [4.69, 9.17) is 10.5 Å². The zero-order chi connectivity index (χ0) is 15.1. The zero-order valence-electron chi connectivity index (χ0n) is 12.0. The first-order chi connectivity index (χ1) is 9.46. The smallest absolute Gasteiger partial charge is 0.224 e. The molecule has 0 saturated carbocycles. The van der Waals surface area contributed by atoms with Crippen LogP contribution in [0.15, 0.2) is 18.2 Å². The summed E-state index contributed by atoms with van der Waals surface area (Å²) in [5.41, 5.74) is 6.62. The third-order valence-corrected chi connectivity index (χ3v) is 2.73. The summed E-state index contributed by atoms with van der Waals surface area (Å²) in [5.74, 6) is 0.331. The lowest BCUT2D eigenvalue weighted by molar-refractivity contribution is -0.117. The number of benzene rings is 1. The average molecular weight is 279 g/mol. The van der Waals surface area contributed by atoms with Crippen LogP contribution in [-0.2, 0) is 9.59 Å². The fourth-order valence-corrected chi connectivity index (χ4v) is 1.69. The predicted octanol–water partition coefficient (Wildman–Crippen LogP) is 1.58. The van der Waals surface area contributed by atoms with Crippen LogP contribution < -0.4 is 21.1 Å². The Bertz CT molecular complexity index is 489. The first-order valence-electron chi connectivity index (χ1n) is 6.41. The number of nitrogens with two attached hydrogens (primary N) is 1. The van der Waals surface area contributed by atoms with Gasteiger partial charge in [-0.2, -0.15) is 0 Å². The van der Waals surface area contributed by atoms with E-state index in [1.807, 2.05) is 6.92 Å². The van der Waals surface area contributed by atoms with Crippen LogP contribution in [0.2, 0.25) is 0 Å². The van der Waals surface area contributed by atoms with Gasteiger partial charge in [-0.05, 0) is 30.7 Å². The summed E-state index contributed by atoms with van der Waals surface area (Å²) in [7, 11) is 1.52. The van der Waals surface area contributed by atoms with Crippen molar-refractivity contribution in [3.05, 3.63) is 18.2 Å². The Morgan fingerprint density at radius 1 is 1.35 bits per heavy atom. The second kappa shape index (κ2) is 7.49. The number of carbonyl (C=O) groups excluding carboxylic acids is 2. The molecular weight excluding hydrogens is 258 g/mol. The molecule has 6 nitrogen and oxygen atoms in total. The summed E-state index contributed by atoms with van der Waals surface area (Å²) in [4.78, 5) is 22.9. The van der Waals surface area contributed by atoms with Gasteiger partial charge in [-0.1, -0.05) is 6.92 Å². The van der Waals surface area contributed by atoms with Gasteiger partial charge in [0, 0.05) is 19.0 Å². The molecule has 6 heteroatoms. The maximum absolute atomic E-state index is 11.9. The summed E-state index contributed by atoms with van der Waals surface area (Å²) in [6.07, 6.45) is 0.337. The van der Waals surface area contributed by atoms with Gasteiger partial charge in [0.25, 0.3) is 0 Å². The van der Waals surface area contributed by atoms with Gasteiger partial charge in [-0.25, -0.2) is 0 Å². The lowest BCUT2D eigenvalue weighted by Crippen LogP contribution is -2.20. The van der Waals surface area contributed by atoms with Gasteiger partial charge in [-0.3, -0.25) is 9.59 Å². The van der Waals surface area contributed by atoms with Gasteiger partial charge < -0.3 is 21.1 Å². The van der Waals surface area contributed by atoms with Crippen molar-refractivity contribution in [2.24, 2.45) is 11.7 Å². The highest BCUT2D eigenvalue weighted by atomic mass is 16.5. The van der Waals surface area contributed by atoms with E-state index in [9.17, 15) is 9.59 Å². The lowest BCUT2D eigenvalue weighted by atomic mass is 10.1. The number of rotatable bonds is 6. The SMILES string of the molecule is COc1ccc(NC(C)=O)cc1NC(=O)CC(C)CN. The summed E-state index contributed by atoms with van der Waals surface area (Å²) in [6, 6.07) is 5.05. The van der Waals surface area contributed by atoms with Crippen LogP contribution in [0.4, 0.5) is 11.4 Å². The molecule has 0 saturated heterocycles. The predicted molar refractivity (Wildman–Crippen MR) is 78.8 cm³/mol. The Hall–Kier alpha value is -2.08. The maximum Gasteiger partial charge on any atom is 0.224 e. The minimum absolute atomic E-state index is 0.111. The molecule has 1 aromatic carbocycles. The highest BCUT2D eigenvalue weighted by Crippen LogP contribution is 2.28. The summed E-state index contributed by atoms with van der Waals surface area (Å²) in [5, 5.41) is 5.43. The second-order valence-corrected chi connectivity index (χ2v) is 4.69. The molecule has 1 rings (SSSR count). The van der Waals surface area contributed by atoms with Crippen molar-refractivity contribution in [2.75, 3.05) is 24.3 Å². The minimum Gasteiger partial charge on any atom is -0.495 e. The molecule has 1 aromatic rings. The van der Waals surface area contributed by atoms with Crippen molar-refractivity contribution in [3.63, 3.8) is 0 Å². The maximum atomic E-state index is 11.9. The summed E-state index contributed by atoms with van der Waals surface area (Å²) < 4.78 is 5.19. The Morgan fingerprint density at radius 3 is 2.60 bits per heavy atom. The van der Waals surface area contributed by atoms with Gasteiger partial charge in [0.15, 0.2) is 0 Å². The van der Waals surface area contributed by atoms with E-state index >= 15 is 0 Å². The largest absolute Gasteiger partial charge is 0.495 e. The number of hydrogen-bond donors (Lipinski definition) is 3. The number of hydrogen-bond acceptors (Lipinski definition) is 4. The molecule has 0 radical (unpaired) electrons. The third-order valence-electron chi connectivity index (χ3n) is 2.73. The molecule has 1 unspecified atom stereocenters. The average Bonchev–Trinajstić information content (AvgIpc) is 2.38. The number of ether oxygens (including phenoxy) is 1. The Kier molecular flexibility index (Phi) is 5.99. The van der Waals surface area contributed by atoms with Gasteiger partial charge in [0.05, 0.1) is 12.8 Å². The van der Waals surface area contributed by atoms with Crippen LogP contribution >= 0.6 is 0 Å². The molecule has 0 aliphatic heterocycles. The molecule has 4 N–H and O–H groups in total. The van der Waals surface area contributed by atoms with Gasteiger partial charge >= 0.3 is 0 Å². The normalized spacial score (nSPS) is 11.6. The van der Waals surface area contributed by atoms with Crippen LogP contribution in [0.25, 0.3) is 0 Å². The van der Waals surface area contributed by atoms with Crippen molar-refractivity contribution >= 4 is 23.2 Å². The van der Waals surface area contributed by atoms with Crippen molar-refractivity contribution < 1.29 is 14.3 Å². The van der Waals surface area contributed by atoms with E-state index in [1.165, 1.54) is 14.0 Å². The quantitative estimate of drug-likeness (QED) is 0.737. The Morgan fingerprint density at radius 2 is 2.05 bits per heavy atom. The molecule has 2 amide bonds. The number of anilines is 2. The van der Waals surface area contributed by atoms with Crippen LogP contribution in [0.1, 0.15) is 20.3 Å². The zero-order valence-corrected chi connectivity index (χ0v) is 12.0. The van der Waals surface area contributed by atoms with Crippen molar-refractivity contribution in [1.29, 1.82) is 0 Å². The topological polar surface area (TPSA) is 93.5 Å². The van der Waals surface area contributed by atoms with Gasteiger partial charge in [0.1, 0.15) is 5.75 Å². The van der Waals surface area contributed by atoms with Gasteiger partial charge in [0.2, 0.25) is 11.8 Å². The molecule has 0 aliphatic carbocycles. The Balaban J connectivity index is 2.85. The van der Waals surface area contributed by atoms with Crippen molar-refractivity contribution in [1.82, 2.24) is 0 Å². The van der Waals surface area contributed by atoms with Crippen LogP contribution in [0.5, 0.6) is 5.75 Å². The molecule has 0 heterocycles. The molecule has 0 aromatic heterocycles. The molecule has 1 atom stereocenters. The summed E-state index contributed by atoms with van der Waals surface area (Å²) in [6.45, 7) is 3.78. The Labute approximate surface area is 118 Å². The van der Waals surface area contributed by atoms with Crippen LogP contribution in [0.3, 0.4) is 0 Å². The van der Waals surface area contributed by atoms with E-state index in [1.54, 1.807) is 18.2 Å². The van der Waals surface area contributed by atoms with Crippen molar-refractivity contribution in [3.8, 4) is 5.75 Å². The van der Waals surface area contributed by atoms with Gasteiger partial charge in [-0.15, -0.1) is 0 Å². The lowest BCUT2D eigenvalue weighted by Gasteiger charge is -2.13. The number of methoxy groups -OCH3 is 1. The second-order valence-electron chi connectivity index (χ2n) is 4.69. The van der Waals surface area contributed by atoms with E-state index < -0.39 is 0 Å². The molecule has 0 bridgehead atoms. The van der Waals surface area contributed by atoms with Crippen molar-refractivity contribution in [2.45, 2.75) is 20.3 Å². The minimum atomic E-state index is -0.177. The standard InChI is InChI=1S/C14H21N3O3/c1-9(8-15)6-14(19)17-12-7-11(16-10(2)18)4-5-13(12)20-3/h4-5,7,9H,6,8,15H2,1-3H3,(H,16,18)(H,17,19). The van der Waals surface area contributed by atoms with E-state index in [-0.39, 0.29) is 17.7 Å². The highest BCUT2D eigenvalue weighted by molar-refractivity contribution is 5.95. The molecule has 20 heavy (non-hydrogen) atoms. The van der Waals surface area contributed by atoms with E-state index in [0.717, 1.165) is 0 Å². The van der Waals surface area contributed by atoms with Crippen LogP contribution in [-0.4, -0.2) is 25.5 Å². The van der Waals surface area contributed by atoms with Crippen LogP contribution in [0, 0.1) is 5.92 Å². The first-order valence-corrected chi connectivity index (χ1v) is 6.41. The number of carbonyl (C=O) groups is 2. The first kappa shape index (κ1) is 16.0. The number of nitrogens with one attached hydrogen (secondary N) is 2.